The predicted molar refractivity (Wildman–Crippen MR) is 38.8 cm³/mol. The van der Waals surface area contributed by atoms with E-state index in [0.717, 1.165) is 6.08 Å². The maximum atomic E-state index is 12.4. The first kappa shape index (κ1) is 8.32. The molecule has 0 aliphatic rings. The Morgan fingerprint density at radius 3 is 2.58 bits per heavy atom. The zero-order valence-corrected chi connectivity index (χ0v) is 5.94. The SMILES string of the molecule is O=C(O)/C(F)=C\c1ncccn1. The van der Waals surface area contributed by atoms with E-state index >= 15 is 0 Å². The van der Waals surface area contributed by atoms with Gasteiger partial charge >= 0.3 is 5.97 Å². The average Bonchev–Trinajstić information content (AvgIpc) is 2.06. The second-order valence-electron chi connectivity index (χ2n) is 1.90. The van der Waals surface area contributed by atoms with Crippen molar-refractivity contribution in [3.8, 4) is 0 Å². The van der Waals surface area contributed by atoms with Gasteiger partial charge in [0, 0.05) is 18.5 Å². The molecule has 0 unspecified atom stereocenters. The van der Waals surface area contributed by atoms with Gasteiger partial charge in [0.15, 0.2) is 5.82 Å². The van der Waals surface area contributed by atoms with Gasteiger partial charge in [0.2, 0.25) is 5.83 Å². The van der Waals surface area contributed by atoms with Crippen LogP contribution < -0.4 is 0 Å². The summed E-state index contributed by atoms with van der Waals surface area (Å²) in [6.07, 6.45) is 3.55. The van der Waals surface area contributed by atoms with Crippen molar-refractivity contribution in [3.63, 3.8) is 0 Å². The van der Waals surface area contributed by atoms with Gasteiger partial charge < -0.3 is 5.11 Å². The van der Waals surface area contributed by atoms with Crippen LogP contribution in [0.1, 0.15) is 5.82 Å². The van der Waals surface area contributed by atoms with Crippen molar-refractivity contribution in [3.05, 3.63) is 30.1 Å². The van der Waals surface area contributed by atoms with Gasteiger partial charge in [-0.3, -0.25) is 0 Å². The number of hydrogen-bond acceptors (Lipinski definition) is 3. The third kappa shape index (κ3) is 2.12. The molecule has 1 aromatic heterocycles. The van der Waals surface area contributed by atoms with E-state index in [-0.39, 0.29) is 5.82 Å². The molecule has 0 spiro atoms. The molecule has 0 saturated heterocycles. The minimum Gasteiger partial charge on any atom is -0.476 e. The molecule has 0 radical (unpaired) electrons. The Hall–Kier alpha value is -1.78. The summed E-state index contributed by atoms with van der Waals surface area (Å²) in [5.41, 5.74) is 0. The quantitative estimate of drug-likeness (QED) is 0.665. The molecule has 62 valence electrons. The number of rotatable bonds is 2. The van der Waals surface area contributed by atoms with E-state index in [1.54, 1.807) is 6.07 Å². The number of hydrogen-bond donors (Lipinski definition) is 1. The number of aliphatic carboxylic acids is 1. The van der Waals surface area contributed by atoms with Crippen LogP contribution in [0.2, 0.25) is 0 Å². The van der Waals surface area contributed by atoms with Crippen molar-refractivity contribution in [2.75, 3.05) is 0 Å². The van der Waals surface area contributed by atoms with Gasteiger partial charge in [0.05, 0.1) is 0 Å². The Morgan fingerprint density at radius 1 is 1.50 bits per heavy atom. The van der Waals surface area contributed by atoms with Crippen LogP contribution in [0.25, 0.3) is 6.08 Å². The Balaban J connectivity index is 2.89. The van der Waals surface area contributed by atoms with Crippen LogP contribution in [0.5, 0.6) is 0 Å². The third-order valence-corrected chi connectivity index (χ3v) is 1.05. The molecule has 1 aromatic rings. The summed E-state index contributed by atoms with van der Waals surface area (Å²) in [6.45, 7) is 0. The Bertz CT molecular complexity index is 310. The lowest BCUT2D eigenvalue weighted by molar-refractivity contribution is -0.134. The van der Waals surface area contributed by atoms with Crippen LogP contribution >= 0.6 is 0 Å². The number of aromatic nitrogens is 2. The molecule has 0 saturated carbocycles. The normalized spacial score (nSPS) is 11.2. The molecule has 1 rings (SSSR count). The molecular formula is C7H5FN2O2. The fourth-order valence-electron chi connectivity index (χ4n) is 0.560. The third-order valence-electron chi connectivity index (χ3n) is 1.05. The van der Waals surface area contributed by atoms with E-state index in [9.17, 15) is 9.18 Å². The zero-order valence-electron chi connectivity index (χ0n) is 5.94. The lowest BCUT2D eigenvalue weighted by atomic mass is 10.4. The fourth-order valence-corrected chi connectivity index (χ4v) is 0.560. The highest BCUT2D eigenvalue weighted by Gasteiger charge is 2.05. The standard InChI is InChI=1S/C7H5FN2O2/c8-5(7(11)12)4-6-9-2-1-3-10-6/h1-4H,(H,11,12)/b5-4+. The van der Waals surface area contributed by atoms with E-state index in [2.05, 4.69) is 9.97 Å². The molecule has 0 atom stereocenters. The monoisotopic (exact) mass is 168 g/mol. The maximum Gasteiger partial charge on any atom is 0.364 e. The van der Waals surface area contributed by atoms with Crippen molar-refractivity contribution in [1.82, 2.24) is 9.97 Å². The van der Waals surface area contributed by atoms with Crippen molar-refractivity contribution in [2.45, 2.75) is 0 Å². The van der Waals surface area contributed by atoms with E-state index < -0.39 is 11.8 Å². The number of nitrogens with zero attached hydrogens (tertiary/aromatic N) is 2. The Labute approximate surface area is 67.4 Å². The first-order chi connectivity index (χ1) is 5.70. The summed E-state index contributed by atoms with van der Waals surface area (Å²) in [5, 5.41) is 8.14. The molecule has 0 bridgehead atoms. The molecule has 0 fully saturated rings. The molecule has 1 N–H and O–H groups in total. The second-order valence-corrected chi connectivity index (χ2v) is 1.90. The molecule has 12 heavy (non-hydrogen) atoms. The zero-order chi connectivity index (χ0) is 8.97. The van der Waals surface area contributed by atoms with E-state index in [4.69, 9.17) is 5.11 Å². The lowest BCUT2D eigenvalue weighted by Crippen LogP contribution is -1.95. The topological polar surface area (TPSA) is 63.1 Å². The summed E-state index contributed by atoms with van der Waals surface area (Å²) in [6, 6.07) is 1.55. The molecule has 0 amide bonds. The fraction of sp³-hybridized carbons (Fsp3) is 0. The van der Waals surface area contributed by atoms with Crippen LogP contribution in [0, 0.1) is 0 Å². The molecule has 0 aliphatic carbocycles. The van der Waals surface area contributed by atoms with Crippen molar-refractivity contribution >= 4 is 12.0 Å². The van der Waals surface area contributed by atoms with Crippen LogP contribution in [0.4, 0.5) is 4.39 Å². The highest BCUT2D eigenvalue weighted by Crippen LogP contribution is 2.01. The van der Waals surface area contributed by atoms with Gasteiger partial charge in [-0.1, -0.05) is 0 Å². The first-order valence-corrected chi connectivity index (χ1v) is 3.07. The van der Waals surface area contributed by atoms with E-state index in [1.807, 2.05) is 0 Å². The van der Waals surface area contributed by atoms with Crippen LogP contribution in [0.3, 0.4) is 0 Å². The largest absolute Gasteiger partial charge is 0.476 e. The van der Waals surface area contributed by atoms with E-state index in [0.29, 0.717) is 0 Å². The van der Waals surface area contributed by atoms with Crippen molar-refractivity contribution < 1.29 is 14.3 Å². The lowest BCUT2D eigenvalue weighted by Gasteiger charge is -1.89. The number of carbonyl (C=O) groups is 1. The molecular weight excluding hydrogens is 163 g/mol. The molecule has 0 aromatic carbocycles. The number of halogens is 1. The van der Waals surface area contributed by atoms with Crippen molar-refractivity contribution in [1.29, 1.82) is 0 Å². The number of carboxylic acid groups (broad SMARTS) is 1. The van der Waals surface area contributed by atoms with Gasteiger partial charge in [-0.15, -0.1) is 0 Å². The van der Waals surface area contributed by atoms with Crippen LogP contribution in [0.15, 0.2) is 24.3 Å². The Kier molecular flexibility index (Phi) is 2.47. The smallest absolute Gasteiger partial charge is 0.364 e. The summed E-state index contributed by atoms with van der Waals surface area (Å²) in [4.78, 5) is 17.2. The molecule has 4 nitrogen and oxygen atoms in total. The van der Waals surface area contributed by atoms with Gasteiger partial charge in [0.25, 0.3) is 0 Å². The first-order valence-electron chi connectivity index (χ1n) is 3.07. The Morgan fingerprint density at radius 2 is 2.08 bits per heavy atom. The summed E-state index contributed by atoms with van der Waals surface area (Å²) in [5.74, 6) is -2.86. The summed E-state index contributed by atoms with van der Waals surface area (Å²) in [7, 11) is 0. The minimum absolute atomic E-state index is 0.0393. The summed E-state index contributed by atoms with van der Waals surface area (Å²) >= 11 is 0. The second kappa shape index (κ2) is 3.56. The number of carboxylic acids is 1. The summed E-state index contributed by atoms with van der Waals surface area (Å²) < 4.78 is 12.4. The van der Waals surface area contributed by atoms with Crippen LogP contribution in [-0.2, 0) is 4.79 Å². The van der Waals surface area contributed by atoms with Crippen molar-refractivity contribution in [2.24, 2.45) is 0 Å². The predicted octanol–water partition coefficient (Wildman–Crippen LogP) is 0.872. The van der Waals surface area contributed by atoms with Gasteiger partial charge in [-0.25, -0.2) is 14.8 Å². The highest BCUT2D eigenvalue weighted by molar-refractivity contribution is 5.88. The highest BCUT2D eigenvalue weighted by atomic mass is 19.1. The maximum absolute atomic E-state index is 12.4. The molecule has 5 heteroatoms. The minimum atomic E-state index is -1.62. The van der Waals surface area contributed by atoms with Gasteiger partial charge in [-0.05, 0) is 6.07 Å². The molecule has 0 aliphatic heterocycles. The molecule has 1 heterocycles. The van der Waals surface area contributed by atoms with Crippen LogP contribution in [-0.4, -0.2) is 21.0 Å². The van der Waals surface area contributed by atoms with Gasteiger partial charge in [0.1, 0.15) is 0 Å². The van der Waals surface area contributed by atoms with Gasteiger partial charge in [-0.2, -0.15) is 4.39 Å². The average molecular weight is 168 g/mol. The van der Waals surface area contributed by atoms with E-state index in [1.165, 1.54) is 12.4 Å².